The maximum atomic E-state index is 10.5. The van der Waals surface area contributed by atoms with Crippen LogP contribution in [0.15, 0.2) is 11.8 Å². The molecule has 0 atom stereocenters. The number of aliphatic hydroxyl groups is 1. The van der Waals surface area contributed by atoms with E-state index in [9.17, 15) is 5.11 Å². The molecule has 2 aromatic rings. The van der Waals surface area contributed by atoms with E-state index < -0.39 is 5.60 Å². The summed E-state index contributed by atoms with van der Waals surface area (Å²) in [7, 11) is 0. The molecule has 3 N–H and O–H groups in total. The number of rotatable bonds is 0. The topological polar surface area (TPSA) is 89.9 Å². The summed E-state index contributed by atoms with van der Waals surface area (Å²) in [5.74, 6) is 7.72. The van der Waals surface area contributed by atoms with Gasteiger partial charge in [-0.3, -0.25) is 0 Å². The van der Waals surface area contributed by atoms with Crippen LogP contribution in [-0.2, 0) is 19.3 Å². The molecule has 0 amide bonds. The maximum absolute atomic E-state index is 10.5. The van der Waals surface area contributed by atoms with Crippen molar-refractivity contribution < 1.29 is 5.11 Å². The zero-order valence-corrected chi connectivity index (χ0v) is 15.3. The number of aromatic nitrogens is 4. The third-order valence-electron chi connectivity index (χ3n) is 5.81. The molecule has 6 nitrogen and oxygen atoms in total. The molecule has 0 saturated heterocycles. The molecule has 3 heterocycles. The second kappa shape index (κ2) is 6.21. The van der Waals surface area contributed by atoms with E-state index in [0.29, 0.717) is 5.95 Å². The molecule has 138 valence electrons. The van der Waals surface area contributed by atoms with E-state index in [2.05, 4.69) is 32.6 Å². The number of nitrogens with two attached hydrogens (primary N) is 1. The summed E-state index contributed by atoms with van der Waals surface area (Å²) in [6.45, 7) is 0. The largest absolute Gasteiger partial charge is 0.378 e. The summed E-state index contributed by atoms with van der Waals surface area (Å²) in [5.41, 5.74) is 10.2. The molecule has 1 saturated carbocycles. The maximum Gasteiger partial charge on any atom is 0.220 e. The molecule has 0 unspecified atom stereocenters. The third kappa shape index (κ3) is 2.92. The summed E-state index contributed by atoms with van der Waals surface area (Å²) in [6, 6.07) is 0. The van der Waals surface area contributed by atoms with Crippen molar-refractivity contribution in [1.29, 1.82) is 0 Å². The summed E-state index contributed by atoms with van der Waals surface area (Å²) >= 11 is 0. The molecule has 1 aliphatic heterocycles. The second-order valence-corrected chi connectivity index (χ2v) is 7.79. The second-order valence-electron chi connectivity index (χ2n) is 7.79. The van der Waals surface area contributed by atoms with Crippen LogP contribution in [0.1, 0.15) is 55.6 Å². The number of aryl methyl sites for hydroxylation is 3. The Kier molecular flexibility index (Phi) is 3.80. The first kappa shape index (κ1) is 16.5. The highest BCUT2D eigenvalue weighted by Gasteiger charge is 2.29. The summed E-state index contributed by atoms with van der Waals surface area (Å²) in [4.78, 5) is 13.6. The van der Waals surface area contributed by atoms with Crippen molar-refractivity contribution in [3.05, 3.63) is 28.9 Å². The van der Waals surface area contributed by atoms with Gasteiger partial charge in [-0.05, 0) is 56.9 Å². The minimum Gasteiger partial charge on any atom is -0.378 e. The highest BCUT2D eigenvalue weighted by molar-refractivity contribution is 5.69. The fraction of sp³-hybridized carbons (Fsp3) is 0.476. The highest BCUT2D eigenvalue weighted by Crippen LogP contribution is 2.35. The van der Waals surface area contributed by atoms with Crippen molar-refractivity contribution in [2.75, 3.05) is 5.73 Å². The monoisotopic (exact) mass is 361 g/mol. The van der Waals surface area contributed by atoms with Gasteiger partial charge in [-0.2, -0.15) is 0 Å². The van der Waals surface area contributed by atoms with Gasteiger partial charge in [-0.1, -0.05) is 11.8 Å². The van der Waals surface area contributed by atoms with Gasteiger partial charge in [0.05, 0.1) is 17.1 Å². The van der Waals surface area contributed by atoms with E-state index >= 15 is 0 Å². The molecule has 3 aliphatic rings. The minimum absolute atomic E-state index is 0.292. The number of hydrogen-bond donors (Lipinski definition) is 2. The zero-order chi connectivity index (χ0) is 18.4. The molecule has 2 aromatic heterocycles. The molecule has 0 radical (unpaired) electrons. The van der Waals surface area contributed by atoms with Crippen LogP contribution in [0.25, 0.3) is 17.6 Å². The van der Waals surface area contributed by atoms with Gasteiger partial charge in [0.15, 0.2) is 0 Å². The summed E-state index contributed by atoms with van der Waals surface area (Å²) < 4.78 is 2.14. The van der Waals surface area contributed by atoms with Crippen molar-refractivity contribution in [1.82, 2.24) is 19.5 Å². The number of anilines is 1. The first-order valence-electron chi connectivity index (χ1n) is 9.79. The Bertz CT molecular complexity index is 1000. The zero-order valence-electron chi connectivity index (χ0n) is 15.3. The normalized spacial score (nSPS) is 19.8. The first-order valence-corrected chi connectivity index (χ1v) is 9.79. The first-order chi connectivity index (χ1) is 13.1. The summed E-state index contributed by atoms with van der Waals surface area (Å²) in [6.07, 6.45) is 12.2. The Balaban J connectivity index is 1.60. The Hall–Kier alpha value is -2.65. The van der Waals surface area contributed by atoms with Crippen LogP contribution < -0.4 is 5.73 Å². The summed E-state index contributed by atoms with van der Waals surface area (Å²) in [5, 5.41) is 10.5. The average Bonchev–Trinajstić information content (AvgIpc) is 3.20. The standard InChI is InChI=1S/C21H23N5O/c22-20-23-12-15-4-3-5-16-19(18(15)25-20)26-13-14(6-7-17(26)24-16)8-11-21(27)9-1-2-10-21/h12-13,27H,1-7,9-10H2,(H2,22,23,25). The minimum atomic E-state index is -0.804. The molecule has 0 aromatic carbocycles. The lowest BCUT2D eigenvalue weighted by Gasteiger charge is -2.16. The van der Waals surface area contributed by atoms with Gasteiger partial charge in [0.2, 0.25) is 5.95 Å². The van der Waals surface area contributed by atoms with E-state index in [-0.39, 0.29) is 0 Å². The van der Waals surface area contributed by atoms with Gasteiger partial charge < -0.3 is 15.4 Å². The number of imidazole rings is 1. The molecule has 6 heteroatoms. The SMILES string of the molecule is Nc1ncc2c(n1)-c1c(nc3n1C=C(C#CC1(O)CCCC1)CC3)CCC2. The van der Waals surface area contributed by atoms with Gasteiger partial charge in [0.25, 0.3) is 0 Å². The lowest BCUT2D eigenvalue weighted by Crippen LogP contribution is -2.21. The molecule has 0 spiro atoms. The van der Waals surface area contributed by atoms with Crippen LogP contribution in [0.4, 0.5) is 5.95 Å². The molecular weight excluding hydrogens is 338 g/mol. The lowest BCUT2D eigenvalue weighted by atomic mass is 10.0. The number of nitrogens with zero attached hydrogens (tertiary/aromatic N) is 4. The molecule has 27 heavy (non-hydrogen) atoms. The Labute approximate surface area is 158 Å². The third-order valence-corrected chi connectivity index (χ3v) is 5.81. The quantitative estimate of drug-likeness (QED) is 0.704. The molecule has 1 fully saturated rings. The predicted octanol–water partition coefficient (Wildman–Crippen LogP) is 2.51. The van der Waals surface area contributed by atoms with Crippen molar-refractivity contribution >= 4 is 12.1 Å². The van der Waals surface area contributed by atoms with Crippen molar-refractivity contribution in [3.63, 3.8) is 0 Å². The number of fused-ring (bicyclic) bond motifs is 5. The Morgan fingerprint density at radius 2 is 1.93 bits per heavy atom. The van der Waals surface area contributed by atoms with Gasteiger partial charge >= 0.3 is 0 Å². The van der Waals surface area contributed by atoms with E-state index in [4.69, 9.17) is 10.7 Å². The van der Waals surface area contributed by atoms with E-state index in [1.54, 1.807) is 0 Å². The van der Waals surface area contributed by atoms with Crippen LogP contribution in [0.3, 0.4) is 0 Å². The fourth-order valence-corrected chi connectivity index (χ4v) is 4.37. The molecule has 2 aliphatic carbocycles. The Morgan fingerprint density at radius 3 is 2.78 bits per heavy atom. The van der Waals surface area contributed by atoms with Crippen LogP contribution in [-0.4, -0.2) is 30.2 Å². The Morgan fingerprint density at radius 1 is 1.07 bits per heavy atom. The number of nitrogen functional groups attached to an aromatic ring is 1. The number of hydrogen-bond acceptors (Lipinski definition) is 5. The molecular formula is C21H23N5O. The van der Waals surface area contributed by atoms with Crippen LogP contribution >= 0.6 is 0 Å². The highest BCUT2D eigenvalue weighted by atomic mass is 16.3. The van der Waals surface area contributed by atoms with Gasteiger partial charge in [0.1, 0.15) is 11.4 Å². The smallest absolute Gasteiger partial charge is 0.220 e. The molecule has 0 bridgehead atoms. The van der Waals surface area contributed by atoms with E-state index in [1.165, 1.54) is 0 Å². The van der Waals surface area contributed by atoms with Gasteiger partial charge in [0, 0.05) is 24.4 Å². The van der Waals surface area contributed by atoms with Crippen molar-refractivity contribution in [3.8, 4) is 23.2 Å². The van der Waals surface area contributed by atoms with Crippen molar-refractivity contribution in [2.45, 2.75) is 63.4 Å². The predicted molar refractivity (Wildman–Crippen MR) is 103 cm³/mol. The van der Waals surface area contributed by atoms with Crippen LogP contribution in [0.2, 0.25) is 0 Å². The van der Waals surface area contributed by atoms with Gasteiger partial charge in [-0.15, -0.1) is 0 Å². The fourth-order valence-electron chi connectivity index (χ4n) is 4.37. The van der Waals surface area contributed by atoms with Crippen LogP contribution in [0, 0.1) is 11.8 Å². The lowest BCUT2D eigenvalue weighted by molar-refractivity contribution is 0.110. The van der Waals surface area contributed by atoms with E-state index in [1.807, 2.05) is 6.20 Å². The number of allylic oxidation sites excluding steroid dienone is 1. The molecule has 5 rings (SSSR count). The average molecular weight is 361 g/mol. The van der Waals surface area contributed by atoms with Gasteiger partial charge in [-0.25, -0.2) is 15.0 Å². The van der Waals surface area contributed by atoms with Crippen LogP contribution in [0.5, 0.6) is 0 Å². The van der Waals surface area contributed by atoms with E-state index in [0.717, 1.165) is 91.8 Å². The van der Waals surface area contributed by atoms with Crippen molar-refractivity contribution in [2.24, 2.45) is 0 Å².